The van der Waals surface area contributed by atoms with E-state index < -0.39 is 0 Å². The maximum Gasteiger partial charge on any atom is 0.0271 e. The van der Waals surface area contributed by atoms with Crippen molar-refractivity contribution in [3.05, 3.63) is 0 Å². The summed E-state index contributed by atoms with van der Waals surface area (Å²) in [4.78, 5) is 4.67. The van der Waals surface area contributed by atoms with Crippen LogP contribution in [0.5, 0.6) is 0 Å². The Labute approximate surface area is 88.5 Å². The van der Waals surface area contributed by atoms with Crippen molar-refractivity contribution in [3.63, 3.8) is 0 Å². The van der Waals surface area contributed by atoms with Gasteiger partial charge in [-0.2, -0.15) is 0 Å². The first-order valence-electron chi connectivity index (χ1n) is 5.51. The number of likely N-dealkylation sites (N-methyl/N-ethyl adjacent to an activating group) is 2. The predicted octanol–water partition coefficient (Wildman–Crippen LogP) is 0.620. The van der Waals surface area contributed by atoms with Crippen LogP contribution in [-0.4, -0.2) is 62.2 Å². The summed E-state index contributed by atoms with van der Waals surface area (Å²) in [5.74, 6) is 0. The molecule has 1 unspecified atom stereocenters. The lowest BCUT2D eigenvalue weighted by Crippen LogP contribution is -2.49. The zero-order valence-corrected chi connectivity index (χ0v) is 10.3. The average molecular weight is 199 g/mol. The fourth-order valence-electron chi connectivity index (χ4n) is 1.65. The molecule has 1 aliphatic heterocycles. The Balaban J connectivity index is 2.26. The van der Waals surface area contributed by atoms with Crippen LogP contribution in [0.15, 0.2) is 0 Å². The number of nitrogens with one attached hydrogen (secondary N) is 1. The fourth-order valence-corrected chi connectivity index (χ4v) is 1.65. The standard InChI is InChI=1S/C11H25N3/c1-11(2,13(3)4)9-12-10-6-7-14(5)8-10/h10,12H,6-9H2,1-5H3. The van der Waals surface area contributed by atoms with Gasteiger partial charge in [0.15, 0.2) is 0 Å². The van der Waals surface area contributed by atoms with Gasteiger partial charge >= 0.3 is 0 Å². The summed E-state index contributed by atoms with van der Waals surface area (Å²) in [6.45, 7) is 8.05. The van der Waals surface area contributed by atoms with Gasteiger partial charge in [0, 0.05) is 24.7 Å². The first-order valence-corrected chi connectivity index (χ1v) is 5.51. The summed E-state index contributed by atoms with van der Waals surface area (Å²) in [7, 11) is 6.48. The van der Waals surface area contributed by atoms with Crippen molar-refractivity contribution in [3.8, 4) is 0 Å². The lowest BCUT2D eigenvalue weighted by Gasteiger charge is -2.34. The molecule has 0 aromatic carbocycles. The minimum atomic E-state index is 0.251. The fraction of sp³-hybridized carbons (Fsp3) is 1.00. The van der Waals surface area contributed by atoms with Gasteiger partial charge in [-0.05, 0) is 48.0 Å². The van der Waals surface area contributed by atoms with E-state index in [0.29, 0.717) is 6.04 Å². The summed E-state index contributed by atoms with van der Waals surface area (Å²) in [6, 6.07) is 0.694. The van der Waals surface area contributed by atoms with Crippen LogP contribution in [0.3, 0.4) is 0 Å². The van der Waals surface area contributed by atoms with Gasteiger partial charge in [-0.15, -0.1) is 0 Å². The van der Waals surface area contributed by atoms with Gasteiger partial charge in [-0.3, -0.25) is 0 Å². The molecule has 1 fully saturated rings. The van der Waals surface area contributed by atoms with Gasteiger partial charge < -0.3 is 15.1 Å². The van der Waals surface area contributed by atoms with Crippen LogP contribution >= 0.6 is 0 Å². The number of hydrogen-bond donors (Lipinski definition) is 1. The lowest BCUT2D eigenvalue weighted by molar-refractivity contribution is 0.184. The Morgan fingerprint density at radius 1 is 1.43 bits per heavy atom. The predicted molar refractivity (Wildman–Crippen MR) is 61.7 cm³/mol. The van der Waals surface area contributed by atoms with E-state index in [0.717, 1.165) is 6.54 Å². The molecule has 1 N–H and O–H groups in total. The highest BCUT2D eigenvalue weighted by Crippen LogP contribution is 2.11. The SMILES string of the molecule is CN1CCC(NCC(C)(C)N(C)C)C1. The van der Waals surface area contributed by atoms with Gasteiger partial charge in [-0.25, -0.2) is 0 Å². The molecule has 1 atom stereocenters. The van der Waals surface area contributed by atoms with Crippen molar-refractivity contribution >= 4 is 0 Å². The molecule has 1 heterocycles. The number of likely N-dealkylation sites (tertiary alicyclic amines) is 1. The van der Waals surface area contributed by atoms with Crippen molar-refractivity contribution < 1.29 is 0 Å². The van der Waals surface area contributed by atoms with Crippen LogP contribution < -0.4 is 5.32 Å². The summed E-state index contributed by atoms with van der Waals surface area (Å²) in [6.07, 6.45) is 1.29. The van der Waals surface area contributed by atoms with Crippen molar-refractivity contribution in [2.45, 2.75) is 31.8 Å². The third-order valence-corrected chi connectivity index (χ3v) is 3.43. The van der Waals surface area contributed by atoms with Gasteiger partial charge in [0.25, 0.3) is 0 Å². The minimum Gasteiger partial charge on any atom is -0.311 e. The molecule has 1 aliphatic rings. The molecule has 84 valence electrons. The Morgan fingerprint density at radius 3 is 2.50 bits per heavy atom. The molecule has 3 nitrogen and oxygen atoms in total. The van der Waals surface area contributed by atoms with Crippen LogP contribution in [0.25, 0.3) is 0 Å². The highest BCUT2D eigenvalue weighted by molar-refractivity contribution is 4.85. The molecule has 0 spiro atoms. The molecule has 1 rings (SSSR count). The van der Waals surface area contributed by atoms with E-state index in [2.05, 4.69) is 50.1 Å². The van der Waals surface area contributed by atoms with Crippen molar-refractivity contribution in [2.75, 3.05) is 40.8 Å². The highest BCUT2D eigenvalue weighted by Gasteiger charge is 2.24. The van der Waals surface area contributed by atoms with E-state index in [1.54, 1.807) is 0 Å². The number of rotatable bonds is 4. The number of nitrogens with zero attached hydrogens (tertiary/aromatic N) is 2. The van der Waals surface area contributed by atoms with Crippen LogP contribution in [-0.2, 0) is 0 Å². The van der Waals surface area contributed by atoms with Crippen molar-refractivity contribution in [1.82, 2.24) is 15.1 Å². The Bertz CT molecular complexity index is 177. The molecule has 14 heavy (non-hydrogen) atoms. The van der Waals surface area contributed by atoms with Crippen LogP contribution in [0.1, 0.15) is 20.3 Å². The third-order valence-electron chi connectivity index (χ3n) is 3.43. The van der Waals surface area contributed by atoms with E-state index in [1.807, 2.05) is 0 Å². The molecule has 0 aromatic heterocycles. The van der Waals surface area contributed by atoms with E-state index >= 15 is 0 Å². The zero-order chi connectivity index (χ0) is 10.8. The Morgan fingerprint density at radius 2 is 2.07 bits per heavy atom. The largest absolute Gasteiger partial charge is 0.311 e. The second-order valence-corrected chi connectivity index (χ2v) is 5.34. The lowest BCUT2D eigenvalue weighted by atomic mass is 10.0. The molecule has 0 bridgehead atoms. The van der Waals surface area contributed by atoms with Gasteiger partial charge in [0.05, 0.1) is 0 Å². The second kappa shape index (κ2) is 4.60. The van der Waals surface area contributed by atoms with Gasteiger partial charge in [0.1, 0.15) is 0 Å². The second-order valence-electron chi connectivity index (χ2n) is 5.34. The quantitative estimate of drug-likeness (QED) is 0.716. The summed E-state index contributed by atoms with van der Waals surface area (Å²) >= 11 is 0. The monoisotopic (exact) mass is 199 g/mol. The van der Waals surface area contributed by atoms with Crippen molar-refractivity contribution in [1.29, 1.82) is 0 Å². The third kappa shape index (κ3) is 3.23. The summed E-state index contributed by atoms with van der Waals surface area (Å²) < 4.78 is 0. The van der Waals surface area contributed by atoms with E-state index in [-0.39, 0.29) is 5.54 Å². The van der Waals surface area contributed by atoms with Gasteiger partial charge in [-0.1, -0.05) is 0 Å². The van der Waals surface area contributed by atoms with Crippen LogP contribution in [0.2, 0.25) is 0 Å². The van der Waals surface area contributed by atoms with Crippen LogP contribution in [0.4, 0.5) is 0 Å². The van der Waals surface area contributed by atoms with E-state index in [9.17, 15) is 0 Å². The molecule has 1 saturated heterocycles. The molecule has 0 saturated carbocycles. The Hall–Kier alpha value is -0.120. The molecular formula is C11H25N3. The summed E-state index contributed by atoms with van der Waals surface area (Å²) in [5.41, 5.74) is 0.251. The van der Waals surface area contributed by atoms with E-state index in [1.165, 1.54) is 19.5 Å². The minimum absolute atomic E-state index is 0.251. The average Bonchev–Trinajstić information content (AvgIpc) is 2.48. The summed E-state index contributed by atoms with van der Waals surface area (Å²) in [5, 5.41) is 3.65. The van der Waals surface area contributed by atoms with Gasteiger partial charge in [0.2, 0.25) is 0 Å². The Kier molecular flexibility index (Phi) is 3.93. The zero-order valence-electron chi connectivity index (χ0n) is 10.3. The first-order chi connectivity index (χ1) is 6.42. The molecule has 0 amide bonds. The molecule has 0 radical (unpaired) electrons. The molecule has 0 aliphatic carbocycles. The van der Waals surface area contributed by atoms with Crippen molar-refractivity contribution in [2.24, 2.45) is 0 Å². The highest BCUT2D eigenvalue weighted by atomic mass is 15.2. The molecular weight excluding hydrogens is 174 g/mol. The smallest absolute Gasteiger partial charge is 0.0271 e. The number of hydrogen-bond acceptors (Lipinski definition) is 3. The maximum atomic E-state index is 3.65. The normalized spacial score (nSPS) is 24.9. The van der Waals surface area contributed by atoms with Crippen LogP contribution in [0, 0.1) is 0 Å². The topological polar surface area (TPSA) is 18.5 Å². The first kappa shape index (κ1) is 12.0. The molecule has 0 aromatic rings. The maximum absolute atomic E-state index is 3.65. The molecule has 3 heteroatoms. The van der Waals surface area contributed by atoms with E-state index in [4.69, 9.17) is 0 Å².